The van der Waals surface area contributed by atoms with Gasteiger partial charge in [-0.25, -0.2) is 8.78 Å². The summed E-state index contributed by atoms with van der Waals surface area (Å²) in [5.41, 5.74) is 1.91. The molecule has 2 heterocycles. The summed E-state index contributed by atoms with van der Waals surface area (Å²) in [4.78, 5) is 8.16. The van der Waals surface area contributed by atoms with E-state index in [9.17, 15) is 13.9 Å². The van der Waals surface area contributed by atoms with E-state index in [2.05, 4.69) is 9.97 Å². The molecule has 1 atom stereocenters. The van der Waals surface area contributed by atoms with Gasteiger partial charge in [-0.1, -0.05) is 41.9 Å². The van der Waals surface area contributed by atoms with Crippen LogP contribution in [0.3, 0.4) is 0 Å². The van der Waals surface area contributed by atoms with E-state index in [1.54, 1.807) is 36.5 Å². The second-order valence-corrected chi connectivity index (χ2v) is 6.91. The molecule has 6 heteroatoms. The Balaban J connectivity index is 1.87. The van der Waals surface area contributed by atoms with Gasteiger partial charge in [-0.3, -0.25) is 9.97 Å². The summed E-state index contributed by atoms with van der Waals surface area (Å²) >= 11 is 6.15. The maximum atomic E-state index is 14.3. The fourth-order valence-corrected chi connectivity index (χ4v) is 3.54. The van der Waals surface area contributed by atoms with Crippen molar-refractivity contribution in [3.05, 3.63) is 100 Å². The summed E-state index contributed by atoms with van der Waals surface area (Å²) in [5.74, 6) is -1.90. The molecule has 1 unspecified atom stereocenters. The summed E-state index contributed by atoms with van der Waals surface area (Å²) < 4.78 is 27.5. The van der Waals surface area contributed by atoms with Gasteiger partial charge in [-0.15, -0.1) is 0 Å². The molecular formula is C22H15ClF2N2O. The van der Waals surface area contributed by atoms with Crippen molar-refractivity contribution < 1.29 is 13.9 Å². The number of phenolic OH excluding ortho intramolecular Hbond substituents is 1. The first-order valence-electron chi connectivity index (χ1n) is 8.65. The van der Waals surface area contributed by atoms with Crippen molar-refractivity contribution in [1.29, 1.82) is 0 Å². The molecule has 4 aromatic rings. The molecule has 0 saturated carbocycles. The van der Waals surface area contributed by atoms with Gasteiger partial charge in [0.15, 0.2) is 0 Å². The van der Waals surface area contributed by atoms with Gasteiger partial charge in [0.05, 0.1) is 11.9 Å². The van der Waals surface area contributed by atoms with Crippen LogP contribution >= 0.6 is 11.6 Å². The number of hydrogen-bond acceptors (Lipinski definition) is 3. The number of fused-ring (bicyclic) bond motifs is 1. The van der Waals surface area contributed by atoms with Crippen LogP contribution in [-0.2, 0) is 6.42 Å². The topological polar surface area (TPSA) is 46.0 Å². The Kier molecular flexibility index (Phi) is 4.92. The van der Waals surface area contributed by atoms with Gasteiger partial charge in [0.2, 0.25) is 0 Å². The highest BCUT2D eigenvalue weighted by Gasteiger charge is 2.23. The minimum absolute atomic E-state index is 0.0191. The molecule has 0 aliphatic carbocycles. The number of halogens is 3. The Labute approximate surface area is 165 Å². The Bertz CT molecular complexity index is 1170. The van der Waals surface area contributed by atoms with E-state index in [0.29, 0.717) is 16.1 Å². The summed E-state index contributed by atoms with van der Waals surface area (Å²) in [7, 11) is 0. The average molecular weight is 397 g/mol. The third kappa shape index (κ3) is 3.53. The normalized spacial score (nSPS) is 12.2. The molecule has 0 spiro atoms. The van der Waals surface area contributed by atoms with Crippen LogP contribution in [0.2, 0.25) is 5.02 Å². The van der Waals surface area contributed by atoms with Crippen LogP contribution < -0.4 is 0 Å². The number of pyridine rings is 2. The molecule has 4 rings (SSSR count). The van der Waals surface area contributed by atoms with Gasteiger partial charge >= 0.3 is 0 Å². The molecule has 0 aliphatic rings. The zero-order valence-electron chi connectivity index (χ0n) is 14.6. The molecule has 1 N–H and O–H groups in total. The van der Waals surface area contributed by atoms with E-state index in [1.807, 2.05) is 18.2 Å². The lowest BCUT2D eigenvalue weighted by molar-refractivity contribution is 0.468. The highest BCUT2D eigenvalue weighted by molar-refractivity contribution is 6.30. The van der Waals surface area contributed by atoms with E-state index in [-0.39, 0.29) is 17.9 Å². The second-order valence-electron chi connectivity index (χ2n) is 6.47. The number of benzene rings is 2. The third-order valence-electron chi connectivity index (χ3n) is 4.69. The SMILES string of the molecule is Oc1c(C(Cc2ncc(F)cc2F)c2cccc(Cl)c2)ccc2cccnc12. The molecule has 0 amide bonds. The van der Waals surface area contributed by atoms with E-state index < -0.39 is 17.6 Å². The fourth-order valence-electron chi connectivity index (χ4n) is 3.34. The summed E-state index contributed by atoms with van der Waals surface area (Å²) in [6.07, 6.45) is 2.70. The number of nitrogens with zero attached hydrogens (tertiary/aromatic N) is 2. The van der Waals surface area contributed by atoms with E-state index >= 15 is 0 Å². The molecule has 140 valence electrons. The number of phenols is 1. The van der Waals surface area contributed by atoms with Crippen molar-refractivity contribution in [2.45, 2.75) is 12.3 Å². The van der Waals surface area contributed by atoms with Gasteiger partial charge in [0.1, 0.15) is 22.9 Å². The summed E-state index contributed by atoms with van der Waals surface area (Å²) in [6, 6.07) is 15.2. The lowest BCUT2D eigenvalue weighted by atomic mass is 9.86. The standard InChI is InChI=1S/C22H15ClF2N2O/c23-15-5-1-3-14(9-15)18(11-20-19(25)10-16(24)12-27-20)17-7-6-13-4-2-8-26-21(13)22(17)28/h1-10,12,18,28H,11H2. The molecule has 0 radical (unpaired) electrons. The van der Waals surface area contributed by atoms with Crippen LogP contribution in [-0.4, -0.2) is 15.1 Å². The molecule has 2 aromatic heterocycles. The van der Waals surface area contributed by atoms with Crippen LogP contribution in [0, 0.1) is 11.6 Å². The molecule has 0 aliphatic heterocycles. The predicted octanol–water partition coefficient (Wildman–Crippen LogP) is 5.64. The molecule has 0 fully saturated rings. The minimum Gasteiger partial charge on any atom is -0.505 e. The monoisotopic (exact) mass is 396 g/mol. The van der Waals surface area contributed by atoms with E-state index in [4.69, 9.17) is 11.6 Å². The van der Waals surface area contributed by atoms with Crippen LogP contribution in [0.25, 0.3) is 10.9 Å². The van der Waals surface area contributed by atoms with Gasteiger partial charge < -0.3 is 5.11 Å². The molecular weight excluding hydrogens is 382 g/mol. The number of hydrogen-bond donors (Lipinski definition) is 1. The zero-order valence-corrected chi connectivity index (χ0v) is 15.4. The number of aromatic nitrogens is 2. The molecule has 0 bridgehead atoms. The summed E-state index contributed by atoms with van der Waals surface area (Å²) in [6.45, 7) is 0. The van der Waals surface area contributed by atoms with Crippen molar-refractivity contribution in [2.24, 2.45) is 0 Å². The van der Waals surface area contributed by atoms with Crippen molar-refractivity contribution >= 4 is 22.5 Å². The zero-order chi connectivity index (χ0) is 19.7. The van der Waals surface area contributed by atoms with Crippen molar-refractivity contribution in [2.75, 3.05) is 0 Å². The number of aromatic hydroxyl groups is 1. The largest absolute Gasteiger partial charge is 0.505 e. The Morgan fingerprint density at radius 1 is 1.00 bits per heavy atom. The van der Waals surface area contributed by atoms with E-state index in [1.165, 1.54) is 0 Å². The van der Waals surface area contributed by atoms with Gasteiger partial charge in [-0.2, -0.15) is 0 Å². The van der Waals surface area contributed by atoms with Crippen molar-refractivity contribution in [1.82, 2.24) is 9.97 Å². The van der Waals surface area contributed by atoms with Crippen LogP contribution in [0.4, 0.5) is 8.78 Å². The maximum Gasteiger partial charge on any atom is 0.147 e. The minimum atomic E-state index is -0.738. The van der Waals surface area contributed by atoms with Crippen LogP contribution in [0.1, 0.15) is 22.7 Å². The van der Waals surface area contributed by atoms with E-state index in [0.717, 1.165) is 23.2 Å². The predicted molar refractivity (Wildman–Crippen MR) is 105 cm³/mol. The highest BCUT2D eigenvalue weighted by atomic mass is 35.5. The van der Waals surface area contributed by atoms with Gasteiger partial charge in [-0.05, 0) is 23.8 Å². The third-order valence-corrected chi connectivity index (χ3v) is 4.92. The first kappa shape index (κ1) is 18.3. The van der Waals surface area contributed by atoms with Crippen LogP contribution in [0.5, 0.6) is 5.75 Å². The Morgan fingerprint density at radius 3 is 2.64 bits per heavy atom. The quantitative estimate of drug-likeness (QED) is 0.485. The second kappa shape index (κ2) is 7.52. The Morgan fingerprint density at radius 2 is 1.86 bits per heavy atom. The highest BCUT2D eigenvalue weighted by Crippen LogP contribution is 2.38. The lowest BCUT2D eigenvalue weighted by Crippen LogP contribution is -2.09. The Hall–Kier alpha value is -3.05. The average Bonchev–Trinajstić information content (AvgIpc) is 2.68. The lowest BCUT2D eigenvalue weighted by Gasteiger charge is -2.20. The molecule has 2 aromatic carbocycles. The first-order valence-corrected chi connectivity index (χ1v) is 9.02. The van der Waals surface area contributed by atoms with Gasteiger partial charge in [0.25, 0.3) is 0 Å². The molecule has 28 heavy (non-hydrogen) atoms. The summed E-state index contributed by atoms with van der Waals surface area (Å²) in [5, 5.41) is 12.2. The first-order chi connectivity index (χ1) is 13.5. The molecule has 3 nitrogen and oxygen atoms in total. The number of rotatable bonds is 4. The van der Waals surface area contributed by atoms with Crippen LogP contribution in [0.15, 0.2) is 67.0 Å². The smallest absolute Gasteiger partial charge is 0.147 e. The van der Waals surface area contributed by atoms with Gasteiger partial charge in [0, 0.05) is 40.6 Å². The van der Waals surface area contributed by atoms with Crippen molar-refractivity contribution in [3.63, 3.8) is 0 Å². The van der Waals surface area contributed by atoms with Crippen molar-refractivity contribution in [3.8, 4) is 5.75 Å². The fraction of sp³-hybridized carbons (Fsp3) is 0.0909. The molecule has 0 saturated heterocycles. The maximum absolute atomic E-state index is 14.3.